The first kappa shape index (κ1) is 15.2. The second-order valence-electron chi connectivity index (χ2n) is 5.72. The maximum atomic E-state index is 12.1. The first-order valence-corrected chi connectivity index (χ1v) is 7.72. The second-order valence-corrected chi connectivity index (χ2v) is 6.14. The van der Waals surface area contributed by atoms with Crippen LogP contribution in [0.4, 0.5) is 0 Å². The Hall–Kier alpha value is -1.17. The number of hydrogen-bond donors (Lipinski definition) is 1. The Morgan fingerprint density at radius 2 is 1.90 bits per heavy atom. The lowest BCUT2D eigenvalue weighted by Gasteiger charge is -2.28. The fraction of sp³-hybridized carbons (Fsp3) is 0.786. The lowest BCUT2D eigenvalue weighted by atomic mass is 10.1. The van der Waals surface area contributed by atoms with Crippen molar-refractivity contribution >= 4 is 29.1 Å². The van der Waals surface area contributed by atoms with Crippen LogP contribution in [0.2, 0.25) is 0 Å². The molecular weight excluding hydrogens is 276 g/mol. The molecule has 0 aromatic heterocycles. The van der Waals surface area contributed by atoms with E-state index in [0.717, 1.165) is 32.4 Å². The van der Waals surface area contributed by atoms with Gasteiger partial charge in [0.1, 0.15) is 6.04 Å². The summed E-state index contributed by atoms with van der Waals surface area (Å²) in [6.07, 6.45) is 4.05. The summed E-state index contributed by atoms with van der Waals surface area (Å²) in [5.41, 5.74) is 0. The third-order valence-electron chi connectivity index (χ3n) is 4.18. The molecule has 2 atom stereocenters. The van der Waals surface area contributed by atoms with Crippen LogP contribution in [0.15, 0.2) is 0 Å². The average Bonchev–Trinajstić information content (AvgIpc) is 3.08. The number of carboxylic acids is 1. The van der Waals surface area contributed by atoms with Crippen LogP contribution in [-0.2, 0) is 9.59 Å². The van der Waals surface area contributed by atoms with Crippen molar-refractivity contribution in [2.75, 3.05) is 19.6 Å². The van der Waals surface area contributed by atoms with Crippen molar-refractivity contribution < 1.29 is 14.7 Å². The molecule has 112 valence electrons. The van der Waals surface area contributed by atoms with Crippen molar-refractivity contribution in [2.24, 2.45) is 5.92 Å². The summed E-state index contributed by atoms with van der Waals surface area (Å²) in [7, 11) is 0. The van der Waals surface area contributed by atoms with E-state index in [-0.39, 0.29) is 11.8 Å². The number of carboxylic acid groups (broad SMARTS) is 1. The van der Waals surface area contributed by atoms with Gasteiger partial charge in [0.25, 0.3) is 0 Å². The number of hydrogen-bond acceptors (Lipinski definition) is 3. The summed E-state index contributed by atoms with van der Waals surface area (Å²) in [5.74, 6) is -0.746. The van der Waals surface area contributed by atoms with E-state index in [9.17, 15) is 14.7 Å². The minimum absolute atomic E-state index is 0.0713. The van der Waals surface area contributed by atoms with Crippen LogP contribution in [0.3, 0.4) is 0 Å². The van der Waals surface area contributed by atoms with Crippen LogP contribution >= 0.6 is 12.2 Å². The molecule has 2 rings (SSSR count). The molecule has 1 unspecified atom stereocenters. The van der Waals surface area contributed by atoms with Gasteiger partial charge in [0.05, 0.1) is 4.99 Å². The average molecular weight is 298 g/mol. The van der Waals surface area contributed by atoms with Gasteiger partial charge in [-0.2, -0.15) is 0 Å². The van der Waals surface area contributed by atoms with Crippen LogP contribution < -0.4 is 0 Å². The number of nitrogens with zero attached hydrogens (tertiary/aromatic N) is 2. The molecular formula is C14H22N2O3S. The van der Waals surface area contributed by atoms with E-state index < -0.39 is 12.0 Å². The Morgan fingerprint density at radius 1 is 1.25 bits per heavy atom. The smallest absolute Gasteiger partial charge is 0.326 e. The minimum Gasteiger partial charge on any atom is -0.480 e. The van der Waals surface area contributed by atoms with Gasteiger partial charge >= 0.3 is 5.97 Å². The predicted octanol–water partition coefficient (Wildman–Crippen LogP) is 1.51. The molecule has 0 aliphatic carbocycles. The highest BCUT2D eigenvalue weighted by atomic mass is 32.1. The lowest BCUT2D eigenvalue weighted by molar-refractivity contribution is -0.140. The minimum atomic E-state index is -0.817. The van der Waals surface area contributed by atoms with Gasteiger partial charge in [-0.15, -0.1) is 0 Å². The predicted molar refractivity (Wildman–Crippen MR) is 79.6 cm³/mol. The highest BCUT2D eigenvalue weighted by Crippen LogP contribution is 2.23. The van der Waals surface area contributed by atoms with Gasteiger partial charge in [-0.25, -0.2) is 4.79 Å². The van der Waals surface area contributed by atoms with Crippen molar-refractivity contribution in [3.05, 3.63) is 0 Å². The van der Waals surface area contributed by atoms with Gasteiger partial charge < -0.3 is 14.9 Å². The number of thiocarbonyl (C=S) groups is 1. The van der Waals surface area contributed by atoms with E-state index in [2.05, 4.69) is 0 Å². The van der Waals surface area contributed by atoms with E-state index in [1.165, 1.54) is 0 Å². The Kier molecular flexibility index (Phi) is 4.96. The normalized spacial score (nSPS) is 23.9. The van der Waals surface area contributed by atoms with Gasteiger partial charge in [-0.1, -0.05) is 19.1 Å². The summed E-state index contributed by atoms with van der Waals surface area (Å²) in [6, 6.07) is -0.508. The van der Waals surface area contributed by atoms with Crippen molar-refractivity contribution in [3.63, 3.8) is 0 Å². The molecule has 0 radical (unpaired) electrons. The summed E-state index contributed by atoms with van der Waals surface area (Å²) in [4.78, 5) is 27.6. The number of likely N-dealkylation sites (tertiary alicyclic amines) is 2. The van der Waals surface area contributed by atoms with Crippen LogP contribution in [0, 0.1) is 5.92 Å². The molecule has 2 aliphatic heterocycles. The number of aliphatic carboxylic acids is 1. The maximum absolute atomic E-state index is 12.1. The Balaban J connectivity index is 1.91. The van der Waals surface area contributed by atoms with Gasteiger partial charge in [0.2, 0.25) is 5.91 Å². The van der Waals surface area contributed by atoms with E-state index >= 15 is 0 Å². The van der Waals surface area contributed by atoms with Crippen LogP contribution in [-0.4, -0.2) is 57.4 Å². The molecule has 6 heteroatoms. The highest BCUT2D eigenvalue weighted by Gasteiger charge is 2.34. The quantitative estimate of drug-likeness (QED) is 0.797. The van der Waals surface area contributed by atoms with Crippen LogP contribution in [0.1, 0.15) is 39.0 Å². The molecule has 0 aromatic carbocycles. The summed E-state index contributed by atoms with van der Waals surface area (Å²) >= 11 is 5.42. The van der Waals surface area contributed by atoms with Crippen molar-refractivity contribution in [2.45, 2.75) is 45.1 Å². The molecule has 20 heavy (non-hydrogen) atoms. The number of carbonyl (C=O) groups is 2. The monoisotopic (exact) mass is 298 g/mol. The molecule has 2 fully saturated rings. The van der Waals surface area contributed by atoms with Gasteiger partial charge in [0, 0.05) is 32.0 Å². The maximum Gasteiger partial charge on any atom is 0.326 e. The fourth-order valence-corrected chi connectivity index (χ4v) is 3.32. The Bertz CT molecular complexity index is 407. The molecule has 1 amide bonds. The lowest BCUT2D eigenvalue weighted by Crippen LogP contribution is -2.43. The fourth-order valence-electron chi connectivity index (χ4n) is 3.02. The van der Waals surface area contributed by atoms with Crippen LogP contribution in [0.5, 0.6) is 0 Å². The Labute approximate surface area is 124 Å². The number of rotatable bonds is 4. The van der Waals surface area contributed by atoms with Crippen molar-refractivity contribution in [1.82, 2.24) is 9.80 Å². The molecule has 0 aromatic rings. The van der Waals surface area contributed by atoms with E-state index in [0.29, 0.717) is 24.4 Å². The Morgan fingerprint density at radius 3 is 2.50 bits per heavy atom. The van der Waals surface area contributed by atoms with E-state index in [1.54, 1.807) is 4.90 Å². The zero-order valence-electron chi connectivity index (χ0n) is 11.9. The topological polar surface area (TPSA) is 60.9 Å². The van der Waals surface area contributed by atoms with Gasteiger partial charge in [-0.05, 0) is 25.7 Å². The SMILES string of the molecule is CC(CC(=O)N1CCCC1)C(=S)N1CCC[C@H]1C(=O)O. The third kappa shape index (κ3) is 3.29. The first-order chi connectivity index (χ1) is 9.50. The zero-order chi connectivity index (χ0) is 14.7. The van der Waals surface area contributed by atoms with E-state index in [1.807, 2.05) is 11.8 Å². The first-order valence-electron chi connectivity index (χ1n) is 7.31. The summed E-state index contributed by atoms with van der Waals surface area (Å²) in [6.45, 7) is 4.31. The molecule has 2 heterocycles. The molecule has 1 N–H and O–H groups in total. The molecule has 2 aliphatic rings. The molecule has 0 bridgehead atoms. The summed E-state index contributed by atoms with van der Waals surface area (Å²) in [5, 5.41) is 9.19. The van der Waals surface area contributed by atoms with Gasteiger partial charge in [0.15, 0.2) is 0 Å². The summed E-state index contributed by atoms with van der Waals surface area (Å²) < 4.78 is 0. The van der Waals surface area contributed by atoms with Crippen LogP contribution in [0.25, 0.3) is 0 Å². The third-order valence-corrected chi connectivity index (χ3v) is 4.82. The standard InChI is InChI=1S/C14H22N2O3S/c1-10(9-12(17)15-6-2-3-7-15)13(20)16-8-4-5-11(16)14(18)19/h10-11H,2-9H2,1H3,(H,18,19)/t10?,11-/m0/s1. The van der Waals surface area contributed by atoms with Gasteiger partial charge in [-0.3, -0.25) is 4.79 Å². The highest BCUT2D eigenvalue weighted by molar-refractivity contribution is 7.80. The number of carbonyl (C=O) groups excluding carboxylic acids is 1. The second kappa shape index (κ2) is 6.52. The molecule has 0 saturated carbocycles. The molecule has 5 nitrogen and oxygen atoms in total. The largest absolute Gasteiger partial charge is 0.480 e. The zero-order valence-corrected chi connectivity index (χ0v) is 12.7. The van der Waals surface area contributed by atoms with E-state index in [4.69, 9.17) is 12.2 Å². The van der Waals surface area contributed by atoms with Crippen molar-refractivity contribution in [1.29, 1.82) is 0 Å². The molecule has 2 saturated heterocycles. The van der Waals surface area contributed by atoms with Crippen molar-refractivity contribution in [3.8, 4) is 0 Å². The number of amides is 1. The molecule has 0 spiro atoms.